The average molecular weight is 1350 g/mol. The molecule has 0 rings (SSSR count). The fraction of sp³-hybridized carbons (Fsp3) is 0.945. The number of carbonyl (C=O) groups excluding carboxylic acids is 4. The normalized spacial score (nSPS) is 14.4. The molecular formula is C73H142O17P2. The molecule has 19 heteroatoms. The van der Waals surface area contributed by atoms with E-state index in [1.165, 1.54) is 173 Å². The molecule has 0 aliphatic carbocycles. The van der Waals surface area contributed by atoms with Crippen LogP contribution in [0.15, 0.2) is 0 Å². The maximum absolute atomic E-state index is 13.1. The van der Waals surface area contributed by atoms with Crippen molar-refractivity contribution in [1.29, 1.82) is 0 Å². The zero-order chi connectivity index (χ0) is 68.0. The summed E-state index contributed by atoms with van der Waals surface area (Å²) < 4.78 is 68.3. The van der Waals surface area contributed by atoms with Crippen LogP contribution in [0.4, 0.5) is 0 Å². The predicted octanol–water partition coefficient (Wildman–Crippen LogP) is 21.0. The van der Waals surface area contributed by atoms with Crippen LogP contribution in [0.25, 0.3) is 0 Å². The summed E-state index contributed by atoms with van der Waals surface area (Å²) in [5, 5.41) is 10.6. The van der Waals surface area contributed by atoms with E-state index in [4.69, 9.17) is 37.0 Å². The van der Waals surface area contributed by atoms with Crippen molar-refractivity contribution in [3.63, 3.8) is 0 Å². The standard InChI is InChI=1S/C73H142O17P2/c1-8-10-11-12-13-14-15-16-17-18-19-20-21-22-23-24-29-32-42-49-56-72(77)89-68(60-83-70(75)54-47-40-31-28-26-25-27-30-37-44-51-64(3)4)62-87-91(79,80)85-58-67(74)59-86-92(81,82)88-63-69(61-84-71(76)55-48-41-35-33-38-45-52-65(5)6)90-73(78)57-50-43-36-34-39-46-53-66(7)9-2/h64-69,74H,8-63H2,1-7H3,(H,79,80)(H,81,82)/t66?,67-,68-,69-/m1/s1. The van der Waals surface area contributed by atoms with E-state index in [0.717, 1.165) is 108 Å². The molecule has 0 amide bonds. The van der Waals surface area contributed by atoms with Gasteiger partial charge in [0.1, 0.15) is 19.3 Å². The monoisotopic (exact) mass is 1350 g/mol. The predicted molar refractivity (Wildman–Crippen MR) is 372 cm³/mol. The molecule has 0 saturated heterocycles. The van der Waals surface area contributed by atoms with Crippen LogP contribution >= 0.6 is 15.6 Å². The number of rotatable bonds is 71. The Hall–Kier alpha value is -1.94. The molecule has 92 heavy (non-hydrogen) atoms. The summed E-state index contributed by atoms with van der Waals surface area (Å²) >= 11 is 0. The number of unbranched alkanes of at least 4 members (excludes halogenated alkanes) is 38. The van der Waals surface area contributed by atoms with E-state index < -0.39 is 97.5 Å². The van der Waals surface area contributed by atoms with Gasteiger partial charge in [-0.05, 0) is 43.4 Å². The van der Waals surface area contributed by atoms with Crippen LogP contribution in [0.5, 0.6) is 0 Å². The SMILES string of the molecule is CCCCCCCCCCCCCCCCCCCCCCC(=O)O[C@H](COC(=O)CCCCCCCCCCCCC(C)C)COP(=O)(O)OC[C@@H](O)COP(=O)(O)OC[C@@H](COC(=O)CCCCCCCCC(C)C)OC(=O)CCCCCCCCC(C)CC. The van der Waals surface area contributed by atoms with Crippen LogP contribution in [0.3, 0.4) is 0 Å². The Kier molecular flexibility index (Phi) is 62.4. The molecule has 0 aliphatic rings. The van der Waals surface area contributed by atoms with Gasteiger partial charge < -0.3 is 33.8 Å². The van der Waals surface area contributed by atoms with Crippen molar-refractivity contribution in [1.82, 2.24) is 0 Å². The highest BCUT2D eigenvalue weighted by atomic mass is 31.2. The molecule has 0 spiro atoms. The first kappa shape index (κ1) is 90.1. The molecule has 0 heterocycles. The van der Waals surface area contributed by atoms with Crippen molar-refractivity contribution in [2.45, 2.75) is 388 Å². The quantitative estimate of drug-likeness (QED) is 0.0222. The number of hydrogen-bond donors (Lipinski definition) is 3. The highest BCUT2D eigenvalue weighted by molar-refractivity contribution is 7.47. The third kappa shape index (κ3) is 65.4. The molecule has 3 N–H and O–H groups in total. The first-order valence-corrected chi connectivity index (χ1v) is 40.9. The molecule has 0 aromatic heterocycles. The number of hydrogen-bond acceptors (Lipinski definition) is 15. The van der Waals surface area contributed by atoms with Crippen LogP contribution in [0, 0.1) is 17.8 Å². The van der Waals surface area contributed by atoms with Crippen molar-refractivity contribution in [3.8, 4) is 0 Å². The third-order valence-electron chi connectivity index (χ3n) is 17.2. The van der Waals surface area contributed by atoms with E-state index in [2.05, 4.69) is 48.5 Å². The van der Waals surface area contributed by atoms with Crippen molar-refractivity contribution < 1.29 is 80.2 Å². The molecule has 3 unspecified atom stereocenters. The van der Waals surface area contributed by atoms with Crippen molar-refractivity contribution in [2.24, 2.45) is 17.8 Å². The zero-order valence-corrected chi connectivity index (χ0v) is 61.8. The molecule has 0 bridgehead atoms. The number of aliphatic hydroxyl groups is 1. The fourth-order valence-corrected chi connectivity index (χ4v) is 12.6. The Morgan fingerprint density at radius 2 is 0.554 bits per heavy atom. The molecule has 546 valence electrons. The lowest BCUT2D eigenvalue weighted by molar-refractivity contribution is -0.161. The van der Waals surface area contributed by atoms with Gasteiger partial charge >= 0.3 is 39.5 Å². The summed E-state index contributed by atoms with van der Waals surface area (Å²) in [6.45, 7) is 11.7. The Labute approximate surface area is 562 Å². The van der Waals surface area contributed by atoms with Gasteiger partial charge in [-0.3, -0.25) is 37.3 Å². The number of phosphoric acid groups is 2. The van der Waals surface area contributed by atoms with E-state index in [0.29, 0.717) is 31.6 Å². The summed E-state index contributed by atoms with van der Waals surface area (Å²) in [5.41, 5.74) is 0. The third-order valence-corrected chi connectivity index (χ3v) is 19.1. The number of phosphoric ester groups is 2. The minimum absolute atomic E-state index is 0.102. The van der Waals surface area contributed by atoms with Gasteiger partial charge in [0, 0.05) is 25.7 Å². The summed E-state index contributed by atoms with van der Waals surface area (Å²) in [5.74, 6) is 0.0295. The summed E-state index contributed by atoms with van der Waals surface area (Å²) in [4.78, 5) is 72.6. The lowest BCUT2D eigenvalue weighted by Crippen LogP contribution is -2.30. The lowest BCUT2D eigenvalue weighted by atomic mass is 10.00. The van der Waals surface area contributed by atoms with Gasteiger partial charge in [-0.2, -0.15) is 0 Å². The second-order valence-electron chi connectivity index (χ2n) is 27.5. The topological polar surface area (TPSA) is 237 Å². The maximum atomic E-state index is 13.1. The van der Waals surface area contributed by atoms with Gasteiger partial charge in [0.05, 0.1) is 26.4 Å². The number of aliphatic hydroxyl groups excluding tert-OH is 1. The molecule has 0 aromatic carbocycles. The highest BCUT2D eigenvalue weighted by Crippen LogP contribution is 2.45. The van der Waals surface area contributed by atoms with Crippen LogP contribution in [0.1, 0.15) is 370 Å². The molecule has 17 nitrogen and oxygen atoms in total. The van der Waals surface area contributed by atoms with E-state index >= 15 is 0 Å². The van der Waals surface area contributed by atoms with Gasteiger partial charge in [-0.1, -0.05) is 318 Å². The smallest absolute Gasteiger partial charge is 0.462 e. The molecular weight excluding hydrogens is 1210 g/mol. The van der Waals surface area contributed by atoms with Crippen molar-refractivity contribution in [2.75, 3.05) is 39.6 Å². The zero-order valence-electron chi connectivity index (χ0n) is 60.0. The highest BCUT2D eigenvalue weighted by Gasteiger charge is 2.30. The molecule has 0 radical (unpaired) electrons. The van der Waals surface area contributed by atoms with Gasteiger partial charge in [-0.25, -0.2) is 9.13 Å². The summed E-state index contributed by atoms with van der Waals surface area (Å²) in [6.07, 6.45) is 48.9. The van der Waals surface area contributed by atoms with Crippen molar-refractivity contribution >= 4 is 39.5 Å². The summed E-state index contributed by atoms with van der Waals surface area (Å²) in [7, 11) is -9.90. The molecule has 0 fully saturated rings. The number of carbonyl (C=O) groups is 4. The van der Waals surface area contributed by atoms with Gasteiger partial charge in [-0.15, -0.1) is 0 Å². The lowest BCUT2D eigenvalue weighted by Gasteiger charge is -2.21. The summed E-state index contributed by atoms with van der Waals surface area (Å²) in [6, 6.07) is 0. The minimum Gasteiger partial charge on any atom is -0.462 e. The Morgan fingerprint density at radius 3 is 0.826 bits per heavy atom. The van der Waals surface area contributed by atoms with E-state index in [1.807, 2.05) is 0 Å². The van der Waals surface area contributed by atoms with Gasteiger partial charge in [0.15, 0.2) is 12.2 Å². The van der Waals surface area contributed by atoms with E-state index in [-0.39, 0.29) is 25.7 Å². The fourth-order valence-electron chi connectivity index (χ4n) is 11.0. The van der Waals surface area contributed by atoms with E-state index in [1.54, 1.807) is 0 Å². The molecule has 0 aliphatic heterocycles. The van der Waals surface area contributed by atoms with Crippen LogP contribution < -0.4 is 0 Å². The van der Waals surface area contributed by atoms with Crippen LogP contribution in [-0.2, 0) is 65.4 Å². The van der Waals surface area contributed by atoms with Crippen LogP contribution in [-0.4, -0.2) is 96.7 Å². The Morgan fingerprint density at radius 1 is 0.315 bits per heavy atom. The second kappa shape index (κ2) is 63.8. The molecule has 6 atom stereocenters. The largest absolute Gasteiger partial charge is 0.472 e. The van der Waals surface area contributed by atoms with E-state index in [9.17, 15) is 43.2 Å². The number of esters is 4. The van der Waals surface area contributed by atoms with Crippen molar-refractivity contribution in [3.05, 3.63) is 0 Å². The van der Waals surface area contributed by atoms with Gasteiger partial charge in [0.25, 0.3) is 0 Å². The van der Waals surface area contributed by atoms with Crippen LogP contribution in [0.2, 0.25) is 0 Å². The average Bonchev–Trinajstić information content (AvgIpc) is 3.35. The first-order chi connectivity index (χ1) is 44.3. The van der Waals surface area contributed by atoms with Gasteiger partial charge in [0.2, 0.25) is 0 Å². The molecule has 0 aromatic rings. The molecule has 0 saturated carbocycles. The number of ether oxygens (including phenoxy) is 4. The Bertz CT molecular complexity index is 1800. The Balaban J connectivity index is 5.20. The maximum Gasteiger partial charge on any atom is 0.472 e. The minimum atomic E-state index is -4.95. The second-order valence-corrected chi connectivity index (χ2v) is 30.4. The first-order valence-electron chi connectivity index (χ1n) is 37.9.